The third-order valence-electron chi connectivity index (χ3n) is 3.74. The summed E-state index contributed by atoms with van der Waals surface area (Å²) in [4.78, 5) is 11.3. The molecule has 1 aliphatic carbocycles. The zero-order chi connectivity index (χ0) is 16.7. The molecule has 3 nitrogen and oxygen atoms in total. The molecule has 1 unspecified atom stereocenters. The largest absolute Gasteiger partial charge is 0.481 e. The van der Waals surface area contributed by atoms with Crippen molar-refractivity contribution >= 4 is 16.9 Å². The molecule has 3 heteroatoms. The second kappa shape index (κ2) is 8.18. The first-order valence-electron chi connectivity index (χ1n) is 8.06. The summed E-state index contributed by atoms with van der Waals surface area (Å²) in [5.74, 6) is -0.788. The lowest BCUT2D eigenvalue weighted by atomic mass is 10.0. The molecule has 3 rings (SSSR count). The van der Waals surface area contributed by atoms with E-state index in [4.69, 9.17) is 0 Å². The Kier molecular flexibility index (Phi) is 5.98. The molecule has 23 heavy (non-hydrogen) atoms. The predicted molar refractivity (Wildman–Crippen MR) is 95.6 cm³/mol. The van der Waals surface area contributed by atoms with Crippen molar-refractivity contribution in [1.82, 2.24) is 4.57 Å². The van der Waals surface area contributed by atoms with Gasteiger partial charge in [-0.3, -0.25) is 4.79 Å². The summed E-state index contributed by atoms with van der Waals surface area (Å²) in [5, 5.41) is 10.4. The van der Waals surface area contributed by atoms with E-state index in [1.165, 1.54) is 0 Å². The van der Waals surface area contributed by atoms with Crippen molar-refractivity contribution in [2.24, 2.45) is 0 Å². The lowest BCUT2D eigenvalue weighted by molar-refractivity contribution is -0.137. The van der Waals surface area contributed by atoms with Crippen molar-refractivity contribution in [1.29, 1.82) is 0 Å². The van der Waals surface area contributed by atoms with Gasteiger partial charge >= 0.3 is 5.97 Å². The van der Waals surface area contributed by atoms with Gasteiger partial charge < -0.3 is 9.67 Å². The first-order chi connectivity index (χ1) is 11.3. The number of fused-ring (bicyclic) bond motifs is 1. The van der Waals surface area contributed by atoms with Crippen molar-refractivity contribution in [2.45, 2.75) is 32.7 Å². The lowest BCUT2D eigenvalue weighted by Gasteiger charge is -2.20. The van der Waals surface area contributed by atoms with Gasteiger partial charge in [0.05, 0.1) is 12.5 Å². The number of carboxylic acids is 1. The third kappa shape index (κ3) is 4.01. The van der Waals surface area contributed by atoms with Crippen LogP contribution >= 0.6 is 0 Å². The molecule has 1 atom stereocenters. The van der Waals surface area contributed by atoms with Crippen molar-refractivity contribution in [3.63, 3.8) is 0 Å². The zero-order valence-electron chi connectivity index (χ0n) is 13.6. The topological polar surface area (TPSA) is 42.2 Å². The number of carboxylic acid groups (broad SMARTS) is 1. The van der Waals surface area contributed by atoms with Gasteiger partial charge in [-0.05, 0) is 29.5 Å². The Hall–Kier alpha value is -2.55. The SMILES string of the molecule is CC.O=C(O)CC(C1=CCC=CC=C1)n1ccc2ccccc21. The monoisotopic (exact) mass is 309 g/mol. The highest BCUT2D eigenvalue weighted by molar-refractivity contribution is 5.80. The summed E-state index contributed by atoms with van der Waals surface area (Å²) in [6.45, 7) is 4.00. The molecule has 0 radical (unpaired) electrons. The second-order valence-corrected chi connectivity index (χ2v) is 5.12. The first-order valence-corrected chi connectivity index (χ1v) is 8.06. The zero-order valence-corrected chi connectivity index (χ0v) is 13.6. The van der Waals surface area contributed by atoms with Crippen molar-refractivity contribution in [3.05, 3.63) is 72.5 Å². The number of carbonyl (C=O) groups is 1. The van der Waals surface area contributed by atoms with Gasteiger partial charge in [-0.2, -0.15) is 0 Å². The number of aromatic nitrogens is 1. The van der Waals surface area contributed by atoms with E-state index < -0.39 is 5.97 Å². The molecule has 120 valence electrons. The number of para-hydroxylation sites is 1. The summed E-state index contributed by atoms with van der Waals surface area (Å²) >= 11 is 0. The van der Waals surface area contributed by atoms with E-state index in [1.54, 1.807) is 0 Å². The number of benzene rings is 1. The number of hydrogen-bond acceptors (Lipinski definition) is 1. The van der Waals surface area contributed by atoms with Gasteiger partial charge in [0.25, 0.3) is 0 Å². The van der Waals surface area contributed by atoms with Gasteiger partial charge in [-0.15, -0.1) is 0 Å². The highest BCUT2D eigenvalue weighted by atomic mass is 16.4. The van der Waals surface area contributed by atoms with E-state index in [2.05, 4.69) is 16.7 Å². The molecule has 0 saturated heterocycles. The maximum absolute atomic E-state index is 11.3. The summed E-state index contributed by atoms with van der Waals surface area (Å²) in [7, 11) is 0. The molecule has 0 bridgehead atoms. The third-order valence-corrected chi connectivity index (χ3v) is 3.74. The fourth-order valence-electron chi connectivity index (χ4n) is 2.76. The van der Waals surface area contributed by atoms with Crippen LogP contribution in [0.5, 0.6) is 0 Å². The lowest BCUT2D eigenvalue weighted by Crippen LogP contribution is -2.14. The average Bonchev–Trinajstić information content (AvgIpc) is 2.80. The van der Waals surface area contributed by atoms with Gasteiger partial charge in [-0.1, -0.05) is 62.4 Å². The molecule has 1 heterocycles. The van der Waals surface area contributed by atoms with Crippen LogP contribution in [0, 0.1) is 0 Å². The highest BCUT2D eigenvalue weighted by Crippen LogP contribution is 2.29. The van der Waals surface area contributed by atoms with Crippen molar-refractivity contribution < 1.29 is 9.90 Å². The Balaban J connectivity index is 0.000000924. The van der Waals surface area contributed by atoms with Gasteiger partial charge in [0.15, 0.2) is 0 Å². The van der Waals surface area contributed by atoms with E-state index in [9.17, 15) is 9.90 Å². The minimum absolute atomic E-state index is 0.0782. The Labute approximate surface area is 137 Å². The smallest absolute Gasteiger partial charge is 0.305 e. The Morgan fingerprint density at radius 3 is 2.78 bits per heavy atom. The Morgan fingerprint density at radius 2 is 2.00 bits per heavy atom. The fraction of sp³-hybridized carbons (Fsp3) is 0.250. The van der Waals surface area contributed by atoms with Crippen LogP contribution in [0.4, 0.5) is 0 Å². The maximum atomic E-state index is 11.3. The van der Waals surface area contributed by atoms with E-state index in [-0.39, 0.29) is 12.5 Å². The Bertz CT molecular complexity index is 750. The molecule has 1 N–H and O–H groups in total. The molecule has 0 saturated carbocycles. The van der Waals surface area contributed by atoms with Crippen molar-refractivity contribution in [2.75, 3.05) is 0 Å². The second-order valence-electron chi connectivity index (χ2n) is 5.12. The van der Waals surface area contributed by atoms with Crippen LogP contribution in [0.1, 0.15) is 32.7 Å². The molecule has 2 aromatic rings. The molecule has 1 aliphatic rings. The normalized spacial score (nSPS) is 14.6. The molecule has 0 aliphatic heterocycles. The fourth-order valence-corrected chi connectivity index (χ4v) is 2.76. The average molecular weight is 309 g/mol. The molecule has 0 amide bonds. The molecule has 1 aromatic carbocycles. The van der Waals surface area contributed by atoms with Crippen LogP contribution in [-0.2, 0) is 4.79 Å². The summed E-state index contributed by atoms with van der Waals surface area (Å²) in [6.07, 6.45) is 13.0. The summed E-state index contributed by atoms with van der Waals surface area (Å²) in [6, 6.07) is 9.90. The van der Waals surface area contributed by atoms with Crippen molar-refractivity contribution in [3.8, 4) is 0 Å². The highest BCUT2D eigenvalue weighted by Gasteiger charge is 2.19. The van der Waals surface area contributed by atoms with Crippen LogP contribution < -0.4 is 0 Å². The minimum Gasteiger partial charge on any atom is -0.481 e. The molecule has 0 fully saturated rings. The van der Waals surface area contributed by atoms with E-state index >= 15 is 0 Å². The van der Waals surface area contributed by atoms with Gasteiger partial charge in [0.2, 0.25) is 0 Å². The maximum Gasteiger partial charge on any atom is 0.305 e. The quantitative estimate of drug-likeness (QED) is 0.851. The summed E-state index contributed by atoms with van der Waals surface area (Å²) in [5.41, 5.74) is 2.11. The van der Waals surface area contributed by atoms with Crippen LogP contribution in [0.3, 0.4) is 0 Å². The summed E-state index contributed by atoms with van der Waals surface area (Å²) < 4.78 is 2.06. The first kappa shape index (κ1) is 16.8. The van der Waals surface area contributed by atoms with E-state index in [0.717, 1.165) is 22.9 Å². The number of hydrogen-bond donors (Lipinski definition) is 1. The molecule has 0 spiro atoms. The number of allylic oxidation sites excluding steroid dienone is 6. The Morgan fingerprint density at radius 1 is 1.22 bits per heavy atom. The number of nitrogens with zero attached hydrogens (tertiary/aromatic N) is 1. The van der Waals surface area contributed by atoms with E-state index in [0.29, 0.717) is 0 Å². The van der Waals surface area contributed by atoms with Crippen LogP contribution in [0.2, 0.25) is 0 Å². The standard InChI is InChI=1S/C18H17NO2.C2H6/c20-18(21)13-17(14-7-3-1-2-4-8-14)19-12-11-15-9-5-6-10-16(15)19;1-2/h1-3,5-12,17H,4,13H2,(H,20,21);1-2H3. The van der Waals surface area contributed by atoms with Crippen LogP contribution in [0.25, 0.3) is 10.9 Å². The minimum atomic E-state index is -0.788. The molecular formula is C20H23NO2. The van der Waals surface area contributed by atoms with Gasteiger partial charge in [0.1, 0.15) is 0 Å². The van der Waals surface area contributed by atoms with E-state index in [1.807, 2.05) is 68.6 Å². The predicted octanol–water partition coefficient (Wildman–Crippen LogP) is 5.13. The molecular weight excluding hydrogens is 286 g/mol. The number of aliphatic carboxylic acids is 1. The van der Waals surface area contributed by atoms with Crippen LogP contribution in [-0.4, -0.2) is 15.6 Å². The van der Waals surface area contributed by atoms with Crippen LogP contribution in [0.15, 0.2) is 72.5 Å². The number of rotatable bonds is 4. The van der Waals surface area contributed by atoms with Gasteiger partial charge in [-0.25, -0.2) is 0 Å². The molecule has 1 aromatic heterocycles. The van der Waals surface area contributed by atoms with Gasteiger partial charge in [0, 0.05) is 11.7 Å².